The fourth-order valence-electron chi connectivity index (χ4n) is 3.77. The van der Waals surface area contributed by atoms with Crippen molar-refractivity contribution in [2.45, 2.75) is 25.4 Å². The van der Waals surface area contributed by atoms with E-state index in [4.69, 9.17) is 9.15 Å². The van der Waals surface area contributed by atoms with Crippen molar-refractivity contribution >= 4 is 21.7 Å². The first-order valence-electron chi connectivity index (χ1n) is 8.42. The minimum Gasteiger partial charge on any atom is -0.477 e. The van der Waals surface area contributed by atoms with Crippen molar-refractivity contribution in [3.8, 4) is 16.9 Å². The fraction of sp³-hybridized carbons (Fsp3) is 0.190. The highest BCUT2D eigenvalue weighted by Crippen LogP contribution is 2.49. The number of ketones is 1. The van der Waals surface area contributed by atoms with Crippen LogP contribution in [0.3, 0.4) is 0 Å². The minimum atomic E-state index is -0.337. The topological polar surface area (TPSA) is 39.4 Å². The summed E-state index contributed by atoms with van der Waals surface area (Å²) < 4.78 is 13.5. The molecule has 3 nitrogen and oxygen atoms in total. The monoisotopic (exact) mass is 394 g/mol. The number of fused-ring (bicyclic) bond motifs is 5. The van der Waals surface area contributed by atoms with Crippen LogP contribution >= 0.6 is 15.9 Å². The molecule has 3 aromatic rings. The number of furan rings is 1. The van der Waals surface area contributed by atoms with Gasteiger partial charge in [0.05, 0.1) is 5.56 Å². The first-order valence-corrected chi connectivity index (χ1v) is 9.22. The van der Waals surface area contributed by atoms with E-state index in [0.29, 0.717) is 6.42 Å². The van der Waals surface area contributed by atoms with E-state index < -0.39 is 0 Å². The summed E-state index contributed by atoms with van der Waals surface area (Å²) in [6.45, 7) is 0. The standard InChI is InChI=1S/C21H15BrO3/c22-13-10-8-12(9-11-13)20-21-18(14-4-1-2-6-16(14)24-20)19-15(23)5-3-7-17(19)25-21/h1-2,4,6,8-11,20H,3,5,7H2. The van der Waals surface area contributed by atoms with Crippen LogP contribution in [0.5, 0.6) is 5.75 Å². The van der Waals surface area contributed by atoms with Gasteiger partial charge >= 0.3 is 0 Å². The largest absolute Gasteiger partial charge is 0.477 e. The Kier molecular flexibility index (Phi) is 3.35. The van der Waals surface area contributed by atoms with Gasteiger partial charge in [0.15, 0.2) is 17.6 Å². The fourth-order valence-corrected chi connectivity index (χ4v) is 4.03. The Hall–Kier alpha value is -2.33. The van der Waals surface area contributed by atoms with E-state index in [-0.39, 0.29) is 11.9 Å². The summed E-state index contributed by atoms with van der Waals surface area (Å²) >= 11 is 3.47. The molecule has 124 valence electrons. The average molecular weight is 395 g/mol. The molecule has 2 aliphatic rings. The summed E-state index contributed by atoms with van der Waals surface area (Å²) in [5.41, 5.74) is 3.65. The number of hydrogen-bond donors (Lipinski definition) is 0. The lowest BCUT2D eigenvalue weighted by Crippen LogP contribution is -2.15. The van der Waals surface area contributed by atoms with E-state index >= 15 is 0 Å². The molecule has 1 aliphatic heterocycles. The number of para-hydroxylation sites is 1. The molecule has 1 atom stereocenters. The second-order valence-corrected chi connectivity index (χ2v) is 7.38. The molecule has 0 bridgehead atoms. The van der Waals surface area contributed by atoms with Crippen molar-refractivity contribution in [2.24, 2.45) is 0 Å². The summed E-state index contributed by atoms with van der Waals surface area (Å²) in [6.07, 6.45) is 1.91. The molecule has 0 spiro atoms. The number of aryl methyl sites for hydroxylation is 1. The van der Waals surface area contributed by atoms with Gasteiger partial charge in [0.2, 0.25) is 0 Å². The lowest BCUT2D eigenvalue weighted by Gasteiger charge is -2.26. The zero-order chi connectivity index (χ0) is 17.0. The number of carbonyl (C=O) groups excluding carboxylic acids is 1. The van der Waals surface area contributed by atoms with Crippen LogP contribution in [-0.4, -0.2) is 5.78 Å². The number of ether oxygens (including phenoxy) is 1. The van der Waals surface area contributed by atoms with Gasteiger partial charge in [-0.25, -0.2) is 0 Å². The summed E-state index contributed by atoms with van der Waals surface area (Å²) in [6, 6.07) is 15.9. The minimum absolute atomic E-state index is 0.178. The van der Waals surface area contributed by atoms with E-state index in [1.54, 1.807) is 0 Å². The summed E-state index contributed by atoms with van der Waals surface area (Å²) in [4.78, 5) is 12.6. The predicted octanol–water partition coefficient (Wildman–Crippen LogP) is 5.71. The van der Waals surface area contributed by atoms with Crippen LogP contribution < -0.4 is 4.74 Å². The van der Waals surface area contributed by atoms with E-state index in [1.807, 2.05) is 48.5 Å². The van der Waals surface area contributed by atoms with Gasteiger partial charge in [-0.3, -0.25) is 4.79 Å². The van der Waals surface area contributed by atoms with Crippen LogP contribution in [0.25, 0.3) is 11.1 Å². The molecule has 1 unspecified atom stereocenters. The lowest BCUT2D eigenvalue weighted by molar-refractivity contribution is 0.0970. The second kappa shape index (κ2) is 5.60. The molecule has 2 aromatic carbocycles. The Morgan fingerprint density at radius 2 is 1.76 bits per heavy atom. The molecule has 1 aliphatic carbocycles. The maximum atomic E-state index is 12.6. The zero-order valence-corrected chi connectivity index (χ0v) is 15.0. The molecule has 4 heteroatoms. The van der Waals surface area contributed by atoms with Crippen LogP contribution in [0.2, 0.25) is 0 Å². The lowest BCUT2D eigenvalue weighted by atomic mass is 9.87. The molecule has 0 saturated carbocycles. The van der Waals surface area contributed by atoms with E-state index in [0.717, 1.165) is 56.8 Å². The van der Waals surface area contributed by atoms with Gasteiger partial charge in [-0.15, -0.1) is 0 Å². The summed E-state index contributed by atoms with van der Waals surface area (Å²) in [7, 11) is 0. The first kappa shape index (κ1) is 15.0. The van der Waals surface area contributed by atoms with Crippen LogP contribution in [0, 0.1) is 0 Å². The Morgan fingerprint density at radius 1 is 0.960 bits per heavy atom. The van der Waals surface area contributed by atoms with Crippen molar-refractivity contribution in [1.29, 1.82) is 0 Å². The molecular weight excluding hydrogens is 380 g/mol. The van der Waals surface area contributed by atoms with Gasteiger partial charge in [-0.05, 0) is 24.6 Å². The normalized spacial score (nSPS) is 18.1. The van der Waals surface area contributed by atoms with Crippen LogP contribution in [0.15, 0.2) is 57.4 Å². The molecule has 0 radical (unpaired) electrons. The van der Waals surface area contributed by atoms with Crippen molar-refractivity contribution in [3.63, 3.8) is 0 Å². The van der Waals surface area contributed by atoms with E-state index in [2.05, 4.69) is 15.9 Å². The van der Waals surface area contributed by atoms with Crippen LogP contribution in [-0.2, 0) is 6.42 Å². The van der Waals surface area contributed by atoms with Crippen molar-refractivity contribution in [2.75, 3.05) is 0 Å². The quantitative estimate of drug-likeness (QED) is 0.530. The van der Waals surface area contributed by atoms with Gasteiger partial charge in [0.25, 0.3) is 0 Å². The predicted molar refractivity (Wildman–Crippen MR) is 98.0 cm³/mol. The molecule has 0 saturated heterocycles. The maximum absolute atomic E-state index is 12.6. The third-order valence-corrected chi connectivity index (χ3v) is 5.44. The van der Waals surface area contributed by atoms with Crippen LogP contribution in [0.1, 0.15) is 46.4 Å². The third-order valence-electron chi connectivity index (χ3n) is 4.91. The van der Waals surface area contributed by atoms with Crippen molar-refractivity contribution in [1.82, 2.24) is 0 Å². The molecular formula is C21H15BrO3. The van der Waals surface area contributed by atoms with Crippen LogP contribution in [0.4, 0.5) is 0 Å². The summed E-state index contributed by atoms with van der Waals surface area (Å²) in [5.74, 6) is 2.53. The van der Waals surface area contributed by atoms with Gasteiger partial charge < -0.3 is 9.15 Å². The first-order chi connectivity index (χ1) is 12.2. The number of Topliss-reactive ketones (excluding diaryl/α,β-unsaturated/α-hetero) is 1. The average Bonchev–Trinajstić information content (AvgIpc) is 3.03. The number of hydrogen-bond acceptors (Lipinski definition) is 3. The Morgan fingerprint density at radius 3 is 2.60 bits per heavy atom. The molecule has 0 fully saturated rings. The highest BCUT2D eigenvalue weighted by molar-refractivity contribution is 9.10. The van der Waals surface area contributed by atoms with Crippen molar-refractivity contribution in [3.05, 3.63) is 75.7 Å². The third kappa shape index (κ3) is 2.28. The number of rotatable bonds is 1. The van der Waals surface area contributed by atoms with Gasteiger partial charge in [-0.2, -0.15) is 0 Å². The Labute approximate surface area is 153 Å². The van der Waals surface area contributed by atoms with Gasteiger partial charge in [-0.1, -0.05) is 46.3 Å². The molecule has 5 rings (SSSR count). The molecule has 0 N–H and O–H groups in total. The zero-order valence-electron chi connectivity index (χ0n) is 13.4. The van der Waals surface area contributed by atoms with Gasteiger partial charge in [0, 0.05) is 34.0 Å². The Bertz CT molecular complexity index is 985. The van der Waals surface area contributed by atoms with Crippen molar-refractivity contribution < 1.29 is 13.9 Å². The SMILES string of the molecule is O=C1CCCc2oc3c(c21)-c1ccccc1OC3c1ccc(Br)cc1. The highest BCUT2D eigenvalue weighted by Gasteiger charge is 2.37. The molecule has 25 heavy (non-hydrogen) atoms. The Balaban J connectivity index is 1.77. The smallest absolute Gasteiger partial charge is 0.182 e. The molecule has 1 aromatic heterocycles. The summed E-state index contributed by atoms with van der Waals surface area (Å²) in [5, 5.41) is 0. The van der Waals surface area contributed by atoms with E-state index in [9.17, 15) is 4.79 Å². The number of benzene rings is 2. The molecule has 2 heterocycles. The van der Waals surface area contributed by atoms with Gasteiger partial charge in [0.1, 0.15) is 11.5 Å². The van der Waals surface area contributed by atoms with E-state index in [1.165, 1.54) is 0 Å². The maximum Gasteiger partial charge on any atom is 0.182 e. The second-order valence-electron chi connectivity index (χ2n) is 6.46. The highest BCUT2D eigenvalue weighted by atomic mass is 79.9. The number of carbonyl (C=O) groups is 1. The number of halogens is 1. The molecule has 0 amide bonds.